The maximum Gasteiger partial charge on any atom is 0.244 e. The molecule has 1 aromatic heterocycles. The number of benzene rings is 1. The summed E-state index contributed by atoms with van der Waals surface area (Å²) in [7, 11) is 0. The fourth-order valence-corrected chi connectivity index (χ4v) is 1.93. The van der Waals surface area contributed by atoms with Crippen LogP contribution in [0.25, 0.3) is 0 Å². The van der Waals surface area contributed by atoms with Crippen molar-refractivity contribution < 1.29 is 9.53 Å². The quantitative estimate of drug-likeness (QED) is 0.864. The lowest BCUT2D eigenvalue weighted by Crippen LogP contribution is -2.37. The number of anilines is 1. The van der Waals surface area contributed by atoms with E-state index in [9.17, 15) is 4.79 Å². The van der Waals surface area contributed by atoms with Crippen molar-refractivity contribution in [1.29, 1.82) is 0 Å². The van der Waals surface area contributed by atoms with Gasteiger partial charge >= 0.3 is 0 Å². The summed E-state index contributed by atoms with van der Waals surface area (Å²) in [6, 6.07) is 11.1. The highest BCUT2D eigenvalue weighted by Crippen LogP contribution is 2.33. The molecule has 3 rings (SSSR count). The highest BCUT2D eigenvalue weighted by Gasteiger charge is 2.45. The molecule has 1 saturated carbocycles. The molecule has 5 nitrogen and oxygen atoms in total. The summed E-state index contributed by atoms with van der Waals surface area (Å²) in [6.07, 6.45) is 4.98. The monoisotopic (exact) mass is 355 g/mol. The fourth-order valence-electron chi connectivity index (χ4n) is 1.93. The van der Waals surface area contributed by atoms with Gasteiger partial charge in [0.15, 0.2) is 0 Å². The van der Waals surface area contributed by atoms with E-state index in [4.69, 9.17) is 10.5 Å². The Labute approximate surface area is 147 Å². The van der Waals surface area contributed by atoms with Gasteiger partial charge in [-0.1, -0.05) is 12.1 Å². The molecule has 0 unspecified atom stereocenters. The molecule has 23 heavy (non-hydrogen) atoms. The maximum absolute atomic E-state index is 11.9. The first-order valence-corrected chi connectivity index (χ1v) is 6.88. The minimum atomic E-state index is -0.674. The van der Waals surface area contributed by atoms with E-state index < -0.39 is 5.54 Å². The largest absolute Gasteiger partial charge is 0.489 e. The molecule has 1 aromatic carbocycles. The van der Waals surface area contributed by atoms with E-state index >= 15 is 0 Å². The van der Waals surface area contributed by atoms with Crippen molar-refractivity contribution >= 4 is 36.4 Å². The Morgan fingerprint density at radius 1 is 1.26 bits per heavy atom. The number of aromatic nitrogens is 1. The van der Waals surface area contributed by atoms with Gasteiger partial charge in [-0.2, -0.15) is 0 Å². The third-order valence-corrected chi connectivity index (χ3v) is 3.46. The lowest BCUT2D eigenvalue weighted by Gasteiger charge is -2.11. The molecule has 0 atom stereocenters. The van der Waals surface area contributed by atoms with Gasteiger partial charge in [-0.15, -0.1) is 24.8 Å². The Morgan fingerprint density at radius 3 is 2.70 bits per heavy atom. The minimum Gasteiger partial charge on any atom is -0.489 e. The van der Waals surface area contributed by atoms with E-state index in [1.54, 1.807) is 18.5 Å². The summed E-state index contributed by atoms with van der Waals surface area (Å²) >= 11 is 0. The van der Waals surface area contributed by atoms with Crippen LogP contribution in [0.4, 0.5) is 5.69 Å². The Hall–Kier alpha value is -1.82. The second kappa shape index (κ2) is 8.15. The van der Waals surface area contributed by atoms with Crippen LogP contribution in [0.15, 0.2) is 48.8 Å². The second-order valence-corrected chi connectivity index (χ2v) is 5.29. The second-order valence-electron chi connectivity index (χ2n) is 5.29. The average molecular weight is 356 g/mol. The smallest absolute Gasteiger partial charge is 0.244 e. The standard InChI is InChI=1S/C16H17N3O2.2ClH/c17-16(6-7-16)15(20)19-13-4-1-5-14(9-13)21-11-12-3-2-8-18-10-12;;/h1-5,8-10H,6-7,11,17H2,(H,19,20);2*1H. The molecule has 0 bridgehead atoms. The first-order valence-electron chi connectivity index (χ1n) is 6.88. The van der Waals surface area contributed by atoms with Gasteiger partial charge in [-0.25, -0.2) is 0 Å². The minimum absolute atomic E-state index is 0. The summed E-state index contributed by atoms with van der Waals surface area (Å²) in [4.78, 5) is 15.9. The summed E-state index contributed by atoms with van der Waals surface area (Å²) in [5.74, 6) is 0.561. The summed E-state index contributed by atoms with van der Waals surface area (Å²) in [5, 5.41) is 2.83. The number of nitrogens with zero attached hydrogens (tertiary/aromatic N) is 1. The van der Waals surface area contributed by atoms with Crippen molar-refractivity contribution in [3.63, 3.8) is 0 Å². The number of halogens is 2. The number of carbonyl (C=O) groups excluding carboxylic acids is 1. The predicted molar refractivity (Wildman–Crippen MR) is 94.3 cm³/mol. The zero-order valence-corrected chi connectivity index (χ0v) is 14.0. The van der Waals surface area contributed by atoms with E-state index in [0.29, 0.717) is 18.0 Å². The molecule has 1 aliphatic rings. The van der Waals surface area contributed by atoms with Crippen molar-refractivity contribution in [2.45, 2.75) is 25.0 Å². The lowest BCUT2D eigenvalue weighted by molar-refractivity contribution is -0.118. The molecule has 1 amide bonds. The molecule has 0 aliphatic heterocycles. The lowest BCUT2D eigenvalue weighted by atomic mass is 10.2. The van der Waals surface area contributed by atoms with E-state index in [2.05, 4.69) is 10.3 Å². The topological polar surface area (TPSA) is 77.2 Å². The van der Waals surface area contributed by atoms with Gasteiger partial charge in [0.1, 0.15) is 12.4 Å². The zero-order chi connectivity index (χ0) is 14.7. The molecule has 124 valence electrons. The zero-order valence-electron chi connectivity index (χ0n) is 12.4. The number of hydrogen-bond acceptors (Lipinski definition) is 4. The fraction of sp³-hybridized carbons (Fsp3) is 0.250. The molecule has 1 fully saturated rings. The Balaban J connectivity index is 0.00000132. The van der Waals surface area contributed by atoms with E-state index in [-0.39, 0.29) is 30.7 Å². The first kappa shape index (κ1) is 19.2. The summed E-state index contributed by atoms with van der Waals surface area (Å²) in [6.45, 7) is 0.437. The number of nitrogens with one attached hydrogen (secondary N) is 1. The number of pyridine rings is 1. The Bertz CT molecular complexity index is 649. The summed E-state index contributed by atoms with van der Waals surface area (Å²) in [5.41, 5.74) is 6.87. The number of rotatable bonds is 5. The third-order valence-electron chi connectivity index (χ3n) is 3.46. The molecule has 2 aromatic rings. The SMILES string of the molecule is Cl.Cl.NC1(C(=O)Nc2cccc(OCc3cccnc3)c2)CC1. The van der Waals surface area contributed by atoms with Gasteiger partial charge in [-0.3, -0.25) is 9.78 Å². The van der Waals surface area contributed by atoms with Crippen LogP contribution in [0.3, 0.4) is 0 Å². The molecule has 1 aliphatic carbocycles. The maximum atomic E-state index is 11.9. The van der Waals surface area contributed by atoms with Crippen molar-refractivity contribution in [2.24, 2.45) is 5.73 Å². The molecule has 0 spiro atoms. The van der Waals surface area contributed by atoms with E-state index in [0.717, 1.165) is 18.4 Å². The summed E-state index contributed by atoms with van der Waals surface area (Å²) < 4.78 is 5.69. The molecule has 0 radical (unpaired) electrons. The highest BCUT2D eigenvalue weighted by atomic mass is 35.5. The number of carbonyl (C=O) groups is 1. The Morgan fingerprint density at radius 2 is 2.04 bits per heavy atom. The van der Waals surface area contributed by atoms with Crippen LogP contribution < -0.4 is 15.8 Å². The van der Waals surface area contributed by atoms with Gasteiger partial charge in [0.05, 0.1) is 5.54 Å². The van der Waals surface area contributed by atoms with Crippen LogP contribution >= 0.6 is 24.8 Å². The average Bonchev–Trinajstić information content (AvgIpc) is 3.26. The van der Waals surface area contributed by atoms with Crippen molar-refractivity contribution in [3.8, 4) is 5.75 Å². The van der Waals surface area contributed by atoms with Crippen LogP contribution in [-0.2, 0) is 11.4 Å². The van der Waals surface area contributed by atoms with Gasteiger partial charge in [0.2, 0.25) is 5.91 Å². The van der Waals surface area contributed by atoms with Gasteiger partial charge in [0.25, 0.3) is 0 Å². The van der Waals surface area contributed by atoms with Crippen LogP contribution in [-0.4, -0.2) is 16.4 Å². The van der Waals surface area contributed by atoms with Crippen LogP contribution in [0.2, 0.25) is 0 Å². The van der Waals surface area contributed by atoms with Gasteiger partial charge in [0, 0.05) is 29.7 Å². The van der Waals surface area contributed by atoms with Crippen LogP contribution in [0.1, 0.15) is 18.4 Å². The van der Waals surface area contributed by atoms with E-state index in [1.165, 1.54) is 0 Å². The van der Waals surface area contributed by atoms with E-state index in [1.807, 2.05) is 30.3 Å². The molecule has 0 saturated heterocycles. The van der Waals surface area contributed by atoms with Gasteiger partial charge < -0.3 is 15.8 Å². The molecular formula is C16H19Cl2N3O2. The van der Waals surface area contributed by atoms with Crippen LogP contribution in [0.5, 0.6) is 5.75 Å². The number of hydrogen-bond donors (Lipinski definition) is 2. The number of amides is 1. The number of nitrogens with two attached hydrogens (primary N) is 1. The predicted octanol–water partition coefficient (Wildman–Crippen LogP) is 2.93. The van der Waals surface area contributed by atoms with Crippen LogP contribution in [0, 0.1) is 0 Å². The van der Waals surface area contributed by atoms with Gasteiger partial charge in [-0.05, 0) is 31.0 Å². The molecular weight excluding hydrogens is 337 g/mol. The van der Waals surface area contributed by atoms with Crippen molar-refractivity contribution in [1.82, 2.24) is 4.98 Å². The number of ether oxygens (including phenoxy) is 1. The molecule has 1 heterocycles. The normalized spacial score (nSPS) is 14.0. The molecule has 7 heteroatoms. The third kappa shape index (κ3) is 5.10. The first-order chi connectivity index (χ1) is 10.2. The highest BCUT2D eigenvalue weighted by molar-refractivity contribution is 6.00. The van der Waals surface area contributed by atoms with Crippen molar-refractivity contribution in [3.05, 3.63) is 54.4 Å². The molecule has 3 N–H and O–H groups in total. The van der Waals surface area contributed by atoms with Crippen molar-refractivity contribution in [2.75, 3.05) is 5.32 Å². The Kier molecular flexibility index (Phi) is 6.81.